The van der Waals surface area contributed by atoms with Crippen LogP contribution in [0.1, 0.15) is 81.4 Å². The van der Waals surface area contributed by atoms with Gasteiger partial charge in [-0.1, -0.05) is 125 Å². The second-order valence-electron chi connectivity index (χ2n) is 15.7. The maximum absolute atomic E-state index is 13.7. The molecular weight excluding hydrogens is 1020 g/mol. The summed E-state index contributed by atoms with van der Waals surface area (Å²) in [6.45, 7) is 0.904. The molecule has 0 saturated heterocycles. The number of aromatic hydroxyl groups is 2. The number of carbonyl (C=O) groups excluding carboxylic acids is 2. The van der Waals surface area contributed by atoms with Gasteiger partial charge in [0, 0.05) is 42.3 Å². The van der Waals surface area contributed by atoms with Gasteiger partial charge in [0.2, 0.25) is 5.91 Å². The number of ether oxygens (including phenoxy) is 5. The van der Waals surface area contributed by atoms with Crippen molar-refractivity contribution in [2.75, 3.05) is 27.4 Å². The Bertz CT molecular complexity index is 2780. The van der Waals surface area contributed by atoms with E-state index in [0.717, 1.165) is 53.9 Å². The van der Waals surface area contributed by atoms with E-state index in [0.29, 0.717) is 13.2 Å². The van der Waals surface area contributed by atoms with Crippen LogP contribution in [0.3, 0.4) is 0 Å². The van der Waals surface area contributed by atoms with Crippen molar-refractivity contribution < 1.29 is 43.5 Å². The predicted molar refractivity (Wildman–Crippen MR) is 259 cm³/mol. The zero-order chi connectivity index (χ0) is 46.9. The Morgan fingerprint density at radius 1 is 0.742 bits per heavy atom. The fourth-order valence-corrected chi connectivity index (χ4v) is 10.3. The third-order valence-electron chi connectivity index (χ3n) is 11.9. The molecule has 16 heteroatoms. The van der Waals surface area contributed by atoms with Gasteiger partial charge in [0.15, 0.2) is 11.4 Å². The number of hydrogen-bond acceptors (Lipinski definition) is 9. The summed E-state index contributed by atoms with van der Waals surface area (Å²) in [6, 6.07) is 30.3. The number of halogens is 6. The molecular formula is C50H41BrCl5NO9. The van der Waals surface area contributed by atoms with Crippen molar-refractivity contribution in [3.8, 4) is 34.5 Å². The molecule has 0 aliphatic carbocycles. The SMILES string of the molecule is COc1ccc(C(OCCCCCCNC(=O)CCc2cc3c(c(Cl)c2O)Oc2cc(O)c(Br)cc2C32OC(=O)c3c(Cl)c(Cl)c(Cl)c(Cl)c32)(c2ccccc2)c2ccc(OC)cc2)cc1. The van der Waals surface area contributed by atoms with Crippen LogP contribution < -0.4 is 19.5 Å². The highest BCUT2D eigenvalue weighted by molar-refractivity contribution is 9.10. The van der Waals surface area contributed by atoms with Gasteiger partial charge in [-0.2, -0.15) is 0 Å². The number of nitrogens with one attached hydrogen (secondary N) is 1. The van der Waals surface area contributed by atoms with Crippen LogP contribution in [-0.4, -0.2) is 49.5 Å². The lowest BCUT2D eigenvalue weighted by Crippen LogP contribution is -2.34. The lowest BCUT2D eigenvalue weighted by molar-refractivity contribution is -0.121. The van der Waals surface area contributed by atoms with Crippen molar-refractivity contribution in [2.45, 2.75) is 49.7 Å². The highest BCUT2D eigenvalue weighted by Gasteiger charge is 2.57. The molecule has 6 aromatic rings. The fourth-order valence-electron chi connectivity index (χ4n) is 8.60. The normalized spacial score (nSPS) is 14.8. The number of benzene rings is 6. The summed E-state index contributed by atoms with van der Waals surface area (Å²) in [5, 5.41) is 24.2. The van der Waals surface area contributed by atoms with E-state index in [1.165, 1.54) is 12.1 Å². The summed E-state index contributed by atoms with van der Waals surface area (Å²) in [6.07, 6.45) is 3.24. The van der Waals surface area contributed by atoms with Crippen LogP contribution in [0.4, 0.5) is 0 Å². The first-order valence-electron chi connectivity index (χ1n) is 20.9. The van der Waals surface area contributed by atoms with Gasteiger partial charge in [0.1, 0.15) is 39.4 Å². The van der Waals surface area contributed by atoms with Gasteiger partial charge in [-0.3, -0.25) is 4.79 Å². The molecule has 2 aliphatic heterocycles. The Morgan fingerprint density at radius 3 is 1.98 bits per heavy atom. The van der Waals surface area contributed by atoms with E-state index in [2.05, 4.69) is 33.4 Å². The summed E-state index contributed by atoms with van der Waals surface area (Å²) in [5.74, 6) is -0.185. The molecule has 0 aromatic heterocycles. The summed E-state index contributed by atoms with van der Waals surface area (Å²) in [7, 11) is 3.28. The average molecular weight is 1060 g/mol. The van der Waals surface area contributed by atoms with Crippen LogP contribution in [-0.2, 0) is 31.9 Å². The lowest BCUT2D eigenvalue weighted by Gasteiger charge is -2.38. The number of methoxy groups -OCH3 is 2. The summed E-state index contributed by atoms with van der Waals surface area (Å²) < 4.78 is 30.5. The average Bonchev–Trinajstić information content (AvgIpc) is 3.64. The van der Waals surface area contributed by atoms with Gasteiger partial charge in [0.05, 0.1) is 44.3 Å². The van der Waals surface area contributed by atoms with E-state index in [9.17, 15) is 19.8 Å². The van der Waals surface area contributed by atoms with Crippen LogP contribution in [0.2, 0.25) is 25.1 Å². The van der Waals surface area contributed by atoms with E-state index in [4.69, 9.17) is 81.7 Å². The van der Waals surface area contributed by atoms with Crippen LogP contribution in [0.25, 0.3) is 0 Å². The molecule has 0 radical (unpaired) electrons. The van der Waals surface area contributed by atoms with Gasteiger partial charge in [-0.25, -0.2) is 4.79 Å². The lowest BCUT2D eigenvalue weighted by atomic mass is 9.76. The Morgan fingerprint density at radius 2 is 1.35 bits per heavy atom. The summed E-state index contributed by atoms with van der Waals surface area (Å²) in [5.41, 5.74) is 0.734. The minimum absolute atomic E-state index is 0.0108. The minimum Gasteiger partial charge on any atom is -0.507 e. The second kappa shape index (κ2) is 19.8. The molecule has 0 bridgehead atoms. The van der Waals surface area contributed by atoms with Gasteiger partial charge < -0.3 is 39.2 Å². The largest absolute Gasteiger partial charge is 0.507 e. The van der Waals surface area contributed by atoms with Crippen molar-refractivity contribution >= 4 is 85.8 Å². The minimum atomic E-state index is -1.88. The van der Waals surface area contributed by atoms with E-state index >= 15 is 0 Å². The molecule has 6 aromatic carbocycles. The zero-order valence-electron chi connectivity index (χ0n) is 35.4. The third-order valence-corrected chi connectivity index (χ3v) is 14.7. The van der Waals surface area contributed by atoms with Gasteiger partial charge in [0.25, 0.3) is 0 Å². The number of unbranched alkanes of at least 4 members (excludes halogenated alkanes) is 3. The summed E-state index contributed by atoms with van der Waals surface area (Å²) >= 11 is 36.6. The van der Waals surface area contributed by atoms with Crippen molar-refractivity contribution in [2.24, 2.45) is 0 Å². The van der Waals surface area contributed by atoms with Crippen molar-refractivity contribution in [1.82, 2.24) is 5.32 Å². The predicted octanol–water partition coefficient (Wildman–Crippen LogP) is 13.3. The number of hydrogen-bond donors (Lipinski definition) is 3. The molecule has 8 rings (SSSR count). The Kier molecular flexibility index (Phi) is 14.3. The molecule has 342 valence electrons. The first-order valence-corrected chi connectivity index (χ1v) is 23.6. The molecule has 0 fully saturated rings. The van der Waals surface area contributed by atoms with E-state index < -0.39 is 17.2 Å². The highest BCUT2D eigenvalue weighted by Crippen LogP contribution is 2.63. The smallest absolute Gasteiger partial charge is 0.341 e. The molecule has 10 nitrogen and oxygen atoms in total. The van der Waals surface area contributed by atoms with Gasteiger partial charge in [-0.15, -0.1) is 0 Å². The van der Waals surface area contributed by atoms with E-state index in [1.54, 1.807) is 20.3 Å². The number of amides is 1. The van der Waals surface area contributed by atoms with Crippen LogP contribution >= 0.6 is 73.9 Å². The van der Waals surface area contributed by atoms with E-state index in [1.807, 2.05) is 66.7 Å². The number of rotatable bonds is 16. The van der Waals surface area contributed by atoms with Crippen LogP contribution in [0.5, 0.6) is 34.5 Å². The van der Waals surface area contributed by atoms with Gasteiger partial charge in [-0.05, 0) is 93.8 Å². The highest BCUT2D eigenvalue weighted by atomic mass is 79.9. The quantitative estimate of drug-likeness (QED) is 0.0285. The molecule has 2 heterocycles. The molecule has 0 saturated carbocycles. The zero-order valence-corrected chi connectivity index (χ0v) is 40.8. The maximum Gasteiger partial charge on any atom is 0.341 e. The van der Waals surface area contributed by atoms with Crippen molar-refractivity contribution in [3.63, 3.8) is 0 Å². The topological polar surface area (TPSA) is 133 Å². The standard InChI is InChI=1S/C50H41BrCl5NO9/c1-62-31-17-13-29(14-18-31)49(28-10-6-5-7-11-28,30-15-19-32(63-2)20-16-30)64-23-9-4-3-8-22-57-38(59)21-12-27-24-34-47(45(56)46(27)60)65-37-26-36(58)35(51)25-33(37)50(34)40-39(48(61)66-50)41(52)43(54)44(55)42(40)53/h5-7,10-11,13-20,24-26,58,60H,3-4,8-9,12,21-23H2,1-2H3,(H,57,59). The first-order chi connectivity index (χ1) is 31.8. The maximum atomic E-state index is 13.7. The van der Waals surface area contributed by atoms with Crippen LogP contribution in [0, 0.1) is 0 Å². The number of phenolic OH excluding ortho intramolecular Hbond substituents is 2. The van der Waals surface area contributed by atoms with Gasteiger partial charge >= 0.3 is 5.97 Å². The molecule has 1 amide bonds. The third kappa shape index (κ3) is 8.53. The monoisotopic (exact) mass is 1050 g/mol. The molecule has 1 atom stereocenters. The Balaban J connectivity index is 0.934. The van der Waals surface area contributed by atoms with Crippen LogP contribution in [0.15, 0.2) is 102 Å². The number of phenols is 2. The molecule has 66 heavy (non-hydrogen) atoms. The number of esters is 1. The Labute approximate surface area is 414 Å². The van der Waals surface area contributed by atoms with E-state index in [-0.39, 0.29) is 99.2 Å². The number of aryl methyl sites for hydroxylation is 1. The first kappa shape index (κ1) is 47.6. The molecule has 2 aliphatic rings. The Hall–Kier alpha value is -4.85. The number of fused-ring (bicyclic) bond motifs is 6. The molecule has 1 spiro atoms. The fraction of sp³-hybridized carbons (Fsp3) is 0.240. The number of carbonyl (C=O) groups is 2. The molecule has 1 unspecified atom stereocenters. The summed E-state index contributed by atoms with van der Waals surface area (Å²) in [4.78, 5) is 26.9. The molecule has 3 N–H and O–H groups in total. The second-order valence-corrected chi connectivity index (χ2v) is 18.4. The van der Waals surface area contributed by atoms with Crippen molar-refractivity contribution in [1.29, 1.82) is 0 Å². The van der Waals surface area contributed by atoms with Crippen molar-refractivity contribution in [3.05, 3.63) is 171 Å².